The maximum atomic E-state index is 12.6. The van der Waals surface area contributed by atoms with Crippen LogP contribution in [0.25, 0.3) is 0 Å². The zero-order valence-electron chi connectivity index (χ0n) is 15.3. The first-order valence-electron chi connectivity index (χ1n) is 9.45. The molecule has 2 saturated heterocycles. The Bertz CT molecular complexity index is 867. The van der Waals surface area contributed by atoms with Crippen molar-refractivity contribution < 1.29 is 23.9 Å². The van der Waals surface area contributed by atoms with Gasteiger partial charge in [0.15, 0.2) is 12.2 Å². The van der Waals surface area contributed by atoms with Gasteiger partial charge in [-0.15, -0.1) is 0 Å². The molecule has 0 bridgehead atoms. The first-order chi connectivity index (χ1) is 13.6. The molecular formula is C22H21NO5. The van der Waals surface area contributed by atoms with Crippen LogP contribution in [0, 0.1) is 0 Å². The molecule has 0 saturated carbocycles. The zero-order chi connectivity index (χ0) is 19.5. The molecule has 2 aliphatic rings. The monoisotopic (exact) mass is 379 g/mol. The van der Waals surface area contributed by atoms with Crippen LogP contribution in [0.4, 0.5) is 0 Å². The fourth-order valence-corrected chi connectivity index (χ4v) is 3.88. The SMILES string of the molecule is O=C(O[C@H]1[C@H](OC(=O)c2ccccc2)CN2C(=O)CCC[C@@H]12)c1ccccc1. The molecule has 3 atom stereocenters. The molecule has 6 heteroatoms. The molecule has 0 radical (unpaired) electrons. The van der Waals surface area contributed by atoms with Crippen LogP contribution in [-0.2, 0) is 14.3 Å². The Labute approximate surface area is 163 Å². The van der Waals surface area contributed by atoms with Crippen molar-refractivity contribution in [2.75, 3.05) is 6.54 Å². The molecule has 4 rings (SSSR count). The molecular weight excluding hydrogens is 358 g/mol. The summed E-state index contributed by atoms with van der Waals surface area (Å²) in [5.41, 5.74) is 0.850. The van der Waals surface area contributed by atoms with E-state index in [1.807, 2.05) is 12.1 Å². The van der Waals surface area contributed by atoms with Crippen LogP contribution in [0.5, 0.6) is 0 Å². The second-order valence-corrected chi connectivity index (χ2v) is 7.05. The largest absolute Gasteiger partial charge is 0.453 e. The van der Waals surface area contributed by atoms with E-state index in [0.717, 1.165) is 12.8 Å². The predicted octanol–water partition coefficient (Wildman–Crippen LogP) is 2.83. The van der Waals surface area contributed by atoms with Gasteiger partial charge < -0.3 is 14.4 Å². The lowest BCUT2D eigenvalue weighted by Crippen LogP contribution is -2.44. The minimum atomic E-state index is -0.688. The van der Waals surface area contributed by atoms with E-state index in [2.05, 4.69) is 0 Å². The van der Waals surface area contributed by atoms with Crippen molar-refractivity contribution in [3.63, 3.8) is 0 Å². The van der Waals surface area contributed by atoms with Gasteiger partial charge in [0.05, 0.1) is 23.7 Å². The van der Waals surface area contributed by atoms with Crippen LogP contribution in [0.15, 0.2) is 60.7 Å². The van der Waals surface area contributed by atoms with Gasteiger partial charge in [0.2, 0.25) is 5.91 Å². The molecule has 2 aromatic rings. The quantitative estimate of drug-likeness (QED) is 0.764. The number of esters is 2. The number of hydrogen-bond donors (Lipinski definition) is 0. The van der Waals surface area contributed by atoms with Crippen LogP contribution in [0.2, 0.25) is 0 Å². The van der Waals surface area contributed by atoms with Gasteiger partial charge in [-0.1, -0.05) is 36.4 Å². The van der Waals surface area contributed by atoms with E-state index in [1.54, 1.807) is 53.4 Å². The van der Waals surface area contributed by atoms with E-state index in [-0.39, 0.29) is 18.5 Å². The molecule has 6 nitrogen and oxygen atoms in total. The summed E-state index contributed by atoms with van der Waals surface area (Å²) in [7, 11) is 0. The van der Waals surface area contributed by atoms with Crippen LogP contribution >= 0.6 is 0 Å². The highest BCUT2D eigenvalue weighted by molar-refractivity contribution is 5.90. The van der Waals surface area contributed by atoms with Crippen molar-refractivity contribution in [1.29, 1.82) is 0 Å². The summed E-state index contributed by atoms with van der Waals surface area (Å²) >= 11 is 0. The van der Waals surface area contributed by atoms with Crippen LogP contribution in [0.1, 0.15) is 40.0 Å². The number of carbonyl (C=O) groups is 3. The Balaban J connectivity index is 1.55. The Kier molecular flexibility index (Phi) is 5.10. The normalized spacial score (nSPS) is 23.8. The molecule has 0 N–H and O–H groups in total. The maximum absolute atomic E-state index is 12.6. The fourth-order valence-electron chi connectivity index (χ4n) is 3.88. The van der Waals surface area contributed by atoms with Gasteiger partial charge >= 0.3 is 11.9 Å². The molecule has 1 amide bonds. The summed E-state index contributed by atoms with van der Waals surface area (Å²) in [6, 6.07) is 17.1. The van der Waals surface area contributed by atoms with Crippen LogP contribution in [-0.4, -0.2) is 47.5 Å². The Hall–Kier alpha value is -3.15. The lowest BCUT2D eigenvalue weighted by atomic mass is 9.99. The van der Waals surface area contributed by atoms with Gasteiger partial charge in [-0.2, -0.15) is 0 Å². The van der Waals surface area contributed by atoms with Crippen molar-refractivity contribution in [3.8, 4) is 0 Å². The lowest BCUT2D eigenvalue weighted by Gasteiger charge is -2.31. The van der Waals surface area contributed by atoms with E-state index < -0.39 is 24.1 Å². The molecule has 0 aromatic heterocycles. The molecule has 0 unspecified atom stereocenters. The second kappa shape index (κ2) is 7.84. The third-order valence-corrected chi connectivity index (χ3v) is 5.25. The number of hydrogen-bond acceptors (Lipinski definition) is 5. The molecule has 144 valence electrons. The summed E-state index contributed by atoms with van der Waals surface area (Å²) in [6.45, 7) is 0.245. The van der Waals surface area contributed by atoms with E-state index in [0.29, 0.717) is 17.5 Å². The summed E-state index contributed by atoms with van der Waals surface area (Å²) in [5, 5.41) is 0. The van der Waals surface area contributed by atoms with E-state index >= 15 is 0 Å². The molecule has 2 heterocycles. The summed E-state index contributed by atoms with van der Waals surface area (Å²) in [6.07, 6.45) is 0.559. The van der Waals surface area contributed by atoms with Crippen LogP contribution in [0.3, 0.4) is 0 Å². The molecule has 0 aliphatic carbocycles. The Morgan fingerprint density at radius 1 is 0.857 bits per heavy atom. The van der Waals surface area contributed by atoms with Gasteiger partial charge in [-0.25, -0.2) is 9.59 Å². The third-order valence-electron chi connectivity index (χ3n) is 5.25. The van der Waals surface area contributed by atoms with Crippen molar-refractivity contribution >= 4 is 17.8 Å². The Morgan fingerprint density at radius 3 is 2.04 bits per heavy atom. The van der Waals surface area contributed by atoms with Gasteiger partial charge in [-0.05, 0) is 37.1 Å². The van der Waals surface area contributed by atoms with E-state index in [9.17, 15) is 14.4 Å². The number of rotatable bonds is 4. The van der Waals surface area contributed by atoms with Crippen molar-refractivity contribution in [1.82, 2.24) is 4.90 Å². The Morgan fingerprint density at radius 2 is 1.43 bits per heavy atom. The predicted molar refractivity (Wildman–Crippen MR) is 101 cm³/mol. The fraction of sp³-hybridized carbons (Fsp3) is 0.318. The van der Waals surface area contributed by atoms with Gasteiger partial charge in [-0.3, -0.25) is 4.79 Å². The molecule has 28 heavy (non-hydrogen) atoms. The average molecular weight is 379 g/mol. The molecule has 2 fully saturated rings. The molecule has 2 aliphatic heterocycles. The first kappa shape index (κ1) is 18.2. The number of amides is 1. The topological polar surface area (TPSA) is 72.9 Å². The highest BCUT2D eigenvalue weighted by atomic mass is 16.6. The minimum absolute atomic E-state index is 0.00951. The number of benzene rings is 2. The lowest BCUT2D eigenvalue weighted by molar-refractivity contribution is -0.135. The highest BCUT2D eigenvalue weighted by Crippen LogP contribution is 2.32. The summed E-state index contributed by atoms with van der Waals surface area (Å²) < 4.78 is 11.4. The van der Waals surface area contributed by atoms with E-state index in [4.69, 9.17) is 9.47 Å². The van der Waals surface area contributed by atoms with Crippen molar-refractivity contribution in [2.45, 2.75) is 37.5 Å². The van der Waals surface area contributed by atoms with E-state index in [1.165, 1.54) is 0 Å². The number of carbonyl (C=O) groups excluding carboxylic acids is 3. The second-order valence-electron chi connectivity index (χ2n) is 7.05. The van der Waals surface area contributed by atoms with Gasteiger partial charge in [0.25, 0.3) is 0 Å². The summed E-state index contributed by atoms with van der Waals surface area (Å²) in [4.78, 5) is 39.1. The smallest absolute Gasteiger partial charge is 0.338 e. The number of fused-ring (bicyclic) bond motifs is 1. The van der Waals surface area contributed by atoms with Gasteiger partial charge in [0.1, 0.15) is 0 Å². The highest BCUT2D eigenvalue weighted by Gasteiger charge is 2.49. The summed E-state index contributed by atoms with van der Waals surface area (Å²) in [5.74, 6) is -0.958. The standard InChI is InChI=1S/C22H21NO5/c24-19-13-7-12-17-20(28-22(26)16-10-5-2-6-11-16)18(14-23(17)19)27-21(25)15-8-3-1-4-9-15/h1-6,8-11,17-18,20H,7,12-14H2/t17-,18+,20+/m0/s1. The zero-order valence-corrected chi connectivity index (χ0v) is 15.3. The van der Waals surface area contributed by atoms with Crippen molar-refractivity contribution in [2.24, 2.45) is 0 Å². The number of ether oxygens (including phenoxy) is 2. The number of nitrogens with zero attached hydrogens (tertiary/aromatic N) is 1. The van der Waals surface area contributed by atoms with Gasteiger partial charge in [0, 0.05) is 6.42 Å². The number of piperidine rings is 1. The maximum Gasteiger partial charge on any atom is 0.338 e. The third kappa shape index (κ3) is 3.63. The van der Waals surface area contributed by atoms with Crippen molar-refractivity contribution in [3.05, 3.63) is 71.8 Å². The first-order valence-corrected chi connectivity index (χ1v) is 9.45. The average Bonchev–Trinajstić information content (AvgIpc) is 3.08. The molecule has 0 spiro atoms. The minimum Gasteiger partial charge on any atom is -0.453 e. The molecule has 2 aromatic carbocycles. The van der Waals surface area contributed by atoms with Crippen LogP contribution < -0.4 is 0 Å².